The molecule has 3 aliphatic rings. The molecule has 2 saturated heterocycles. The van der Waals surface area contributed by atoms with Crippen LogP contribution in [0.2, 0.25) is 0 Å². The molecule has 0 bridgehead atoms. The van der Waals surface area contributed by atoms with E-state index in [0.717, 1.165) is 68.7 Å². The van der Waals surface area contributed by atoms with E-state index in [1.165, 1.54) is 6.42 Å². The largest absolute Gasteiger partial charge is 0.376 e. The van der Waals surface area contributed by atoms with Gasteiger partial charge in [-0.15, -0.1) is 0 Å². The predicted molar refractivity (Wildman–Crippen MR) is 117 cm³/mol. The number of amides is 2. The zero-order chi connectivity index (χ0) is 20.1. The zero-order valence-electron chi connectivity index (χ0n) is 17.1. The van der Waals surface area contributed by atoms with Crippen molar-refractivity contribution in [2.24, 2.45) is 5.92 Å². The first kappa shape index (κ1) is 20.7. The third-order valence-electron chi connectivity index (χ3n) is 6.38. The number of benzene rings is 1. The average molecular weight is 417 g/mol. The summed E-state index contributed by atoms with van der Waals surface area (Å²) in [5, 5.41) is 3.05. The van der Waals surface area contributed by atoms with Crippen molar-refractivity contribution in [2.75, 3.05) is 30.0 Å². The molecule has 1 aromatic rings. The molecule has 0 radical (unpaired) electrons. The molecule has 2 atom stereocenters. The lowest BCUT2D eigenvalue weighted by atomic mass is 9.88. The highest BCUT2D eigenvalue weighted by Gasteiger charge is 2.31. The Morgan fingerprint density at radius 2 is 1.97 bits per heavy atom. The minimum atomic E-state index is 0.0572. The van der Waals surface area contributed by atoms with Crippen LogP contribution < -0.4 is 5.32 Å². The lowest BCUT2D eigenvalue weighted by molar-refractivity contribution is -0.120. The summed E-state index contributed by atoms with van der Waals surface area (Å²) in [6, 6.07) is 7.74. The molecule has 3 fully saturated rings. The molecule has 1 aromatic carbocycles. The van der Waals surface area contributed by atoms with Gasteiger partial charge in [-0.25, -0.2) is 0 Å². The molecule has 5 nitrogen and oxygen atoms in total. The summed E-state index contributed by atoms with van der Waals surface area (Å²) in [6.07, 6.45) is 8.74. The van der Waals surface area contributed by atoms with E-state index in [9.17, 15) is 9.59 Å². The van der Waals surface area contributed by atoms with E-state index in [4.69, 9.17) is 4.74 Å². The highest BCUT2D eigenvalue weighted by Crippen LogP contribution is 2.27. The number of anilines is 1. The number of thioether (sulfide) groups is 1. The fraction of sp³-hybridized carbons (Fsp3) is 0.652. The van der Waals surface area contributed by atoms with Crippen LogP contribution in [0.4, 0.5) is 5.69 Å². The molecule has 4 rings (SSSR count). The van der Waals surface area contributed by atoms with Gasteiger partial charge in [-0.1, -0.05) is 25.3 Å². The Morgan fingerprint density at radius 1 is 1.10 bits per heavy atom. The fourth-order valence-electron chi connectivity index (χ4n) is 4.68. The van der Waals surface area contributed by atoms with Crippen molar-refractivity contribution in [2.45, 2.75) is 63.5 Å². The van der Waals surface area contributed by atoms with Crippen molar-refractivity contribution < 1.29 is 14.3 Å². The summed E-state index contributed by atoms with van der Waals surface area (Å²) < 4.78 is 5.81. The summed E-state index contributed by atoms with van der Waals surface area (Å²) in [7, 11) is 0. The summed E-state index contributed by atoms with van der Waals surface area (Å²) in [5.74, 6) is 2.36. The molecule has 29 heavy (non-hydrogen) atoms. The van der Waals surface area contributed by atoms with Gasteiger partial charge in [-0.2, -0.15) is 11.8 Å². The quantitative estimate of drug-likeness (QED) is 0.750. The third kappa shape index (κ3) is 5.34. The van der Waals surface area contributed by atoms with Crippen LogP contribution in [0.5, 0.6) is 0 Å². The zero-order valence-corrected chi connectivity index (χ0v) is 17.9. The number of rotatable bonds is 6. The normalized spacial score (nSPS) is 25.1. The molecule has 0 spiro atoms. The molecule has 158 valence electrons. The summed E-state index contributed by atoms with van der Waals surface area (Å²) in [4.78, 5) is 28.0. The van der Waals surface area contributed by atoms with Crippen molar-refractivity contribution in [1.29, 1.82) is 0 Å². The van der Waals surface area contributed by atoms with Crippen molar-refractivity contribution in [1.82, 2.24) is 4.90 Å². The van der Waals surface area contributed by atoms with Crippen LogP contribution in [0.15, 0.2) is 24.3 Å². The highest BCUT2D eigenvalue weighted by atomic mass is 32.2. The number of nitrogens with one attached hydrogen (secondary N) is 1. The molecule has 6 heteroatoms. The monoisotopic (exact) mass is 416 g/mol. The van der Waals surface area contributed by atoms with E-state index in [1.807, 2.05) is 40.9 Å². The first-order valence-corrected chi connectivity index (χ1v) is 12.3. The van der Waals surface area contributed by atoms with Crippen LogP contribution in [-0.4, -0.2) is 53.5 Å². The average Bonchev–Trinajstić information content (AvgIpc) is 3.46. The van der Waals surface area contributed by atoms with Gasteiger partial charge in [-0.05, 0) is 56.1 Å². The van der Waals surface area contributed by atoms with Crippen molar-refractivity contribution in [3.05, 3.63) is 29.8 Å². The Bertz CT molecular complexity index is 708. The molecular weight excluding hydrogens is 384 g/mol. The van der Waals surface area contributed by atoms with Gasteiger partial charge < -0.3 is 15.0 Å². The highest BCUT2D eigenvalue weighted by molar-refractivity contribution is 7.99. The SMILES string of the molecule is O=C(Nc1cccc(C(=O)N(CC2CCCO2)C2CCSC2)c1)C1CCCCC1. The van der Waals surface area contributed by atoms with Gasteiger partial charge in [0.15, 0.2) is 0 Å². The fourth-order valence-corrected chi connectivity index (χ4v) is 5.90. The molecule has 2 heterocycles. The first-order valence-electron chi connectivity index (χ1n) is 11.1. The Balaban J connectivity index is 1.45. The maximum Gasteiger partial charge on any atom is 0.254 e. The number of carbonyl (C=O) groups excluding carboxylic acids is 2. The molecule has 0 aromatic heterocycles. The summed E-state index contributed by atoms with van der Waals surface area (Å²) >= 11 is 1.92. The maximum absolute atomic E-state index is 13.4. The third-order valence-corrected chi connectivity index (χ3v) is 7.53. The van der Waals surface area contributed by atoms with Crippen molar-refractivity contribution in [3.8, 4) is 0 Å². The second kappa shape index (κ2) is 9.98. The van der Waals surface area contributed by atoms with Crippen LogP contribution in [-0.2, 0) is 9.53 Å². The number of nitrogens with zero attached hydrogens (tertiary/aromatic N) is 1. The van der Waals surface area contributed by atoms with Crippen molar-refractivity contribution in [3.63, 3.8) is 0 Å². The Labute approximate surface area is 177 Å². The molecule has 2 aliphatic heterocycles. The Kier molecular flexibility index (Phi) is 7.14. The topological polar surface area (TPSA) is 58.6 Å². The Morgan fingerprint density at radius 3 is 2.69 bits per heavy atom. The number of hydrogen-bond donors (Lipinski definition) is 1. The van der Waals surface area contributed by atoms with Gasteiger partial charge in [0.25, 0.3) is 5.91 Å². The summed E-state index contributed by atoms with van der Waals surface area (Å²) in [5.41, 5.74) is 1.38. The maximum atomic E-state index is 13.4. The molecule has 2 unspecified atom stereocenters. The van der Waals surface area contributed by atoms with Gasteiger partial charge >= 0.3 is 0 Å². The van der Waals surface area contributed by atoms with E-state index < -0.39 is 0 Å². The van der Waals surface area contributed by atoms with E-state index >= 15 is 0 Å². The van der Waals surface area contributed by atoms with E-state index in [2.05, 4.69) is 5.32 Å². The first-order chi connectivity index (χ1) is 14.2. The molecular formula is C23H32N2O3S. The van der Waals surface area contributed by atoms with Gasteiger partial charge in [-0.3, -0.25) is 9.59 Å². The van der Waals surface area contributed by atoms with E-state index in [-0.39, 0.29) is 29.9 Å². The molecule has 1 N–H and O–H groups in total. The lowest BCUT2D eigenvalue weighted by Crippen LogP contribution is -2.44. The number of carbonyl (C=O) groups is 2. The summed E-state index contributed by atoms with van der Waals surface area (Å²) in [6.45, 7) is 1.47. The Hall–Kier alpha value is -1.53. The van der Waals surface area contributed by atoms with Gasteiger partial charge in [0, 0.05) is 42.1 Å². The molecule has 1 saturated carbocycles. The van der Waals surface area contributed by atoms with Crippen LogP contribution >= 0.6 is 11.8 Å². The van der Waals surface area contributed by atoms with Crippen LogP contribution in [0.1, 0.15) is 61.7 Å². The molecule has 1 aliphatic carbocycles. The predicted octanol–water partition coefficient (Wildman–Crippen LogP) is 4.33. The second-order valence-electron chi connectivity index (χ2n) is 8.51. The van der Waals surface area contributed by atoms with E-state index in [0.29, 0.717) is 12.1 Å². The standard InChI is InChI=1S/C23H32N2O3S/c26-22(17-6-2-1-3-7-17)24-19-9-4-8-18(14-19)23(27)25(20-11-13-29-16-20)15-21-10-5-12-28-21/h4,8-9,14,17,20-21H,1-3,5-7,10-13,15-16H2,(H,24,26). The minimum Gasteiger partial charge on any atom is -0.376 e. The van der Waals surface area contributed by atoms with Crippen LogP contribution in [0.3, 0.4) is 0 Å². The lowest BCUT2D eigenvalue weighted by Gasteiger charge is -2.31. The van der Waals surface area contributed by atoms with Crippen LogP contribution in [0, 0.1) is 5.92 Å². The van der Waals surface area contributed by atoms with E-state index in [1.54, 1.807) is 0 Å². The number of hydrogen-bond acceptors (Lipinski definition) is 4. The molecule has 2 amide bonds. The number of ether oxygens (including phenoxy) is 1. The van der Waals surface area contributed by atoms with Gasteiger partial charge in [0.05, 0.1) is 6.10 Å². The smallest absolute Gasteiger partial charge is 0.254 e. The second-order valence-corrected chi connectivity index (χ2v) is 9.66. The van der Waals surface area contributed by atoms with Gasteiger partial charge in [0.2, 0.25) is 5.91 Å². The van der Waals surface area contributed by atoms with Gasteiger partial charge in [0.1, 0.15) is 0 Å². The van der Waals surface area contributed by atoms with Crippen LogP contribution in [0.25, 0.3) is 0 Å². The minimum absolute atomic E-state index is 0.0572. The van der Waals surface area contributed by atoms with Crippen molar-refractivity contribution >= 4 is 29.3 Å².